The Morgan fingerprint density at radius 1 is 1.10 bits per heavy atom. The van der Waals surface area contributed by atoms with Crippen LogP contribution in [0, 0.1) is 5.41 Å². The number of nitrogens with zero attached hydrogens (tertiary/aromatic N) is 1. The largest absolute Gasteiger partial charge is 0.506 e. The maximum atomic E-state index is 12.1. The first-order chi connectivity index (χ1) is 14.3. The molecule has 0 unspecified atom stereocenters. The summed E-state index contributed by atoms with van der Waals surface area (Å²) in [7, 11) is 0. The molecule has 0 aliphatic carbocycles. The van der Waals surface area contributed by atoms with E-state index in [0.29, 0.717) is 24.7 Å². The Morgan fingerprint density at radius 3 is 2.29 bits per heavy atom. The van der Waals surface area contributed by atoms with Crippen LogP contribution in [0.4, 0.5) is 0 Å². The molecule has 0 atom stereocenters. The third kappa shape index (κ3) is 7.61. The van der Waals surface area contributed by atoms with Gasteiger partial charge in [-0.1, -0.05) is 62.7 Å². The van der Waals surface area contributed by atoms with E-state index in [9.17, 15) is 9.90 Å². The van der Waals surface area contributed by atoms with Gasteiger partial charge >= 0.3 is 0 Å². The van der Waals surface area contributed by atoms with Crippen molar-refractivity contribution >= 4 is 59.9 Å². The van der Waals surface area contributed by atoms with Crippen LogP contribution >= 0.6 is 47.8 Å². The third-order valence-electron chi connectivity index (χ3n) is 4.54. The number of aromatic hydroxyl groups is 1. The smallest absolute Gasteiger partial charge is 0.277 e. The summed E-state index contributed by atoms with van der Waals surface area (Å²) in [5.41, 5.74) is 4.53. The van der Waals surface area contributed by atoms with E-state index in [1.54, 1.807) is 6.07 Å². The highest BCUT2D eigenvalue weighted by Gasteiger charge is 2.27. The fraction of sp³-hybridized carbons (Fsp3) is 0.391. The van der Waals surface area contributed by atoms with Crippen molar-refractivity contribution in [2.24, 2.45) is 10.5 Å². The molecule has 0 fully saturated rings. The molecule has 0 aliphatic rings. The molecule has 0 heterocycles. The first-order valence-corrected chi connectivity index (χ1v) is 12.1. The van der Waals surface area contributed by atoms with Crippen molar-refractivity contribution in [1.82, 2.24) is 5.43 Å². The van der Waals surface area contributed by atoms with Crippen molar-refractivity contribution in [3.05, 3.63) is 54.9 Å². The van der Waals surface area contributed by atoms with Gasteiger partial charge in [0.15, 0.2) is 6.61 Å². The Morgan fingerprint density at radius 2 is 1.71 bits per heavy atom. The Bertz CT molecular complexity index is 966. The van der Waals surface area contributed by atoms with E-state index in [1.165, 1.54) is 11.8 Å². The number of phenolic OH excluding ortho intramolecular Hbond substituents is 1. The maximum absolute atomic E-state index is 12.1. The zero-order chi connectivity index (χ0) is 23.4. The number of ether oxygens (including phenoxy) is 1. The summed E-state index contributed by atoms with van der Waals surface area (Å²) < 4.78 is 7.26. The summed E-state index contributed by atoms with van der Waals surface area (Å²) in [5.74, 6) is 0.285. The quantitative estimate of drug-likeness (QED) is 0.261. The molecule has 0 radical (unpaired) electrons. The molecular weight excluding hydrogens is 592 g/mol. The second-order valence-electron chi connectivity index (χ2n) is 9.14. The molecule has 1 amide bonds. The van der Waals surface area contributed by atoms with E-state index >= 15 is 0 Å². The monoisotopic (exact) mass is 616 g/mol. The van der Waals surface area contributed by atoms with Gasteiger partial charge in [0.1, 0.15) is 11.5 Å². The fourth-order valence-corrected chi connectivity index (χ4v) is 5.82. The van der Waals surface area contributed by atoms with Crippen LogP contribution in [0.25, 0.3) is 0 Å². The van der Waals surface area contributed by atoms with Gasteiger partial charge < -0.3 is 9.84 Å². The molecule has 31 heavy (non-hydrogen) atoms. The number of rotatable bonds is 7. The molecule has 2 aromatic carbocycles. The summed E-state index contributed by atoms with van der Waals surface area (Å²) in [6.07, 6.45) is 2.49. The number of carbonyl (C=O) groups excluding carboxylic acids is 1. The highest BCUT2D eigenvalue weighted by atomic mass is 79.9. The average Bonchev–Trinajstić information content (AvgIpc) is 2.66. The first kappa shape index (κ1) is 25.9. The summed E-state index contributed by atoms with van der Waals surface area (Å²) in [6, 6.07) is 9.56. The normalized spacial score (nSPS) is 12.3. The number of nitrogens with one attached hydrogen (secondary N) is 1. The molecule has 0 saturated carbocycles. The molecule has 8 heteroatoms. The van der Waals surface area contributed by atoms with E-state index in [2.05, 4.69) is 92.9 Å². The topological polar surface area (TPSA) is 70.9 Å². The first-order valence-electron chi connectivity index (χ1n) is 9.72. The standard InChI is InChI=1S/C23H27Br3N2O3/c1-22(2,3)13-23(4,5)14-6-8-15(9-7-14)31-12-19(29)28-27-11-16-17(24)10-18(25)21(30)20(16)26/h6-11,30H,12-13H2,1-5H3,(H,28,29)/b27-11+. The lowest BCUT2D eigenvalue weighted by atomic mass is 9.72. The number of hydrogen-bond donors (Lipinski definition) is 2. The molecular formula is C23H27Br3N2O3. The Labute approximate surface area is 209 Å². The second-order valence-corrected chi connectivity index (χ2v) is 11.6. The van der Waals surface area contributed by atoms with Gasteiger partial charge in [-0.3, -0.25) is 4.79 Å². The van der Waals surface area contributed by atoms with Crippen molar-refractivity contribution in [3.8, 4) is 11.5 Å². The van der Waals surface area contributed by atoms with Gasteiger partial charge in [0.05, 0.1) is 15.2 Å². The van der Waals surface area contributed by atoms with Crippen LogP contribution in [0.15, 0.2) is 48.9 Å². The number of phenols is 1. The van der Waals surface area contributed by atoms with Gasteiger partial charge in [0.25, 0.3) is 5.91 Å². The van der Waals surface area contributed by atoms with Gasteiger partial charge in [-0.15, -0.1) is 0 Å². The molecule has 0 saturated heterocycles. The predicted molar refractivity (Wildman–Crippen MR) is 136 cm³/mol. The van der Waals surface area contributed by atoms with Crippen LogP contribution in [0.5, 0.6) is 11.5 Å². The van der Waals surface area contributed by atoms with Crippen molar-refractivity contribution < 1.29 is 14.6 Å². The molecule has 0 aromatic heterocycles. The molecule has 0 spiro atoms. The third-order valence-corrected chi connectivity index (χ3v) is 6.61. The number of hydrazone groups is 1. The van der Waals surface area contributed by atoms with Crippen LogP contribution in [0.1, 0.15) is 52.2 Å². The lowest BCUT2D eigenvalue weighted by Gasteiger charge is -2.33. The summed E-state index contributed by atoms with van der Waals surface area (Å²) in [6.45, 7) is 11.0. The van der Waals surface area contributed by atoms with E-state index in [1.807, 2.05) is 24.3 Å². The van der Waals surface area contributed by atoms with Gasteiger partial charge in [-0.25, -0.2) is 5.43 Å². The number of carbonyl (C=O) groups is 1. The van der Waals surface area contributed by atoms with Gasteiger partial charge in [0.2, 0.25) is 0 Å². The molecule has 2 rings (SSSR count). The minimum absolute atomic E-state index is 0.0485. The van der Waals surface area contributed by atoms with Crippen LogP contribution < -0.4 is 10.2 Å². The molecule has 0 bridgehead atoms. The molecule has 0 aliphatic heterocycles. The average molecular weight is 619 g/mol. The number of amides is 1. The van der Waals surface area contributed by atoms with Crippen LogP contribution in [0.3, 0.4) is 0 Å². The zero-order valence-corrected chi connectivity index (χ0v) is 23.0. The van der Waals surface area contributed by atoms with Crippen LogP contribution in [-0.2, 0) is 10.2 Å². The lowest BCUT2D eigenvalue weighted by Crippen LogP contribution is -2.25. The summed E-state index contributed by atoms with van der Waals surface area (Å²) >= 11 is 9.96. The summed E-state index contributed by atoms with van der Waals surface area (Å²) in [4.78, 5) is 12.1. The summed E-state index contributed by atoms with van der Waals surface area (Å²) in [5, 5.41) is 13.9. The number of benzene rings is 2. The van der Waals surface area contributed by atoms with E-state index in [4.69, 9.17) is 4.74 Å². The highest BCUT2D eigenvalue weighted by Crippen LogP contribution is 2.38. The maximum Gasteiger partial charge on any atom is 0.277 e. The van der Waals surface area contributed by atoms with Crippen molar-refractivity contribution in [3.63, 3.8) is 0 Å². The van der Waals surface area contributed by atoms with Crippen LogP contribution in [-0.4, -0.2) is 23.8 Å². The van der Waals surface area contributed by atoms with E-state index in [-0.39, 0.29) is 29.1 Å². The SMILES string of the molecule is CC(C)(C)CC(C)(C)c1ccc(OCC(=O)N/N=C/c2c(Br)cc(Br)c(O)c2Br)cc1. The second kappa shape index (κ2) is 10.5. The molecule has 5 nitrogen and oxygen atoms in total. The lowest BCUT2D eigenvalue weighted by molar-refractivity contribution is -0.123. The highest BCUT2D eigenvalue weighted by molar-refractivity contribution is 9.11. The molecule has 168 valence electrons. The fourth-order valence-electron chi connectivity index (χ4n) is 3.49. The minimum atomic E-state index is -0.387. The van der Waals surface area contributed by atoms with Crippen molar-refractivity contribution in [2.75, 3.05) is 6.61 Å². The van der Waals surface area contributed by atoms with Gasteiger partial charge in [0, 0.05) is 10.0 Å². The minimum Gasteiger partial charge on any atom is -0.506 e. The molecule has 2 N–H and O–H groups in total. The Balaban J connectivity index is 1.92. The number of hydrogen-bond acceptors (Lipinski definition) is 4. The number of halogens is 3. The van der Waals surface area contributed by atoms with E-state index in [0.717, 1.165) is 6.42 Å². The van der Waals surface area contributed by atoms with E-state index < -0.39 is 0 Å². The predicted octanol–water partition coefficient (Wildman–Crippen LogP) is 6.92. The van der Waals surface area contributed by atoms with Gasteiger partial charge in [-0.2, -0.15) is 5.10 Å². The molecule has 2 aromatic rings. The Hall–Kier alpha value is -1.38. The van der Waals surface area contributed by atoms with Crippen molar-refractivity contribution in [1.29, 1.82) is 0 Å². The van der Waals surface area contributed by atoms with Crippen molar-refractivity contribution in [2.45, 2.75) is 46.5 Å². The van der Waals surface area contributed by atoms with Gasteiger partial charge in [-0.05, 0) is 72.9 Å². The Kier molecular flexibility index (Phi) is 8.76. The van der Waals surface area contributed by atoms with Crippen LogP contribution in [0.2, 0.25) is 0 Å². The zero-order valence-electron chi connectivity index (χ0n) is 18.2.